The molecule has 0 bridgehead atoms. The van der Waals surface area contributed by atoms with Crippen molar-refractivity contribution < 1.29 is 17.9 Å². The zero-order valence-corrected chi connectivity index (χ0v) is 19.1. The van der Waals surface area contributed by atoms with Crippen molar-refractivity contribution in [2.75, 3.05) is 18.2 Å². The van der Waals surface area contributed by atoms with E-state index in [4.69, 9.17) is 10.5 Å². The molecule has 2 aromatic heterocycles. The fourth-order valence-corrected chi connectivity index (χ4v) is 4.42. The van der Waals surface area contributed by atoms with E-state index in [0.29, 0.717) is 22.8 Å². The minimum absolute atomic E-state index is 0.140. The molecule has 0 aliphatic rings. The van der Waals surface area contributed by atoms with Crippen LogP contribution in [-0.2, 0) is 14.8 Å². The first-order valence-electron chi connectivity index (χ1n) is 10.2. The van der Waals surface area contributed by atoms with E-state index < -0.39 is 10.0 Å². The Morgan fingerprint density at radius 1 is 1.03 bits per heavy atom. The number of hydrogen-bond acceptors (Lipinski definition) is 6. The molecular weight excluding hydrogens is 452 g/mol. The molecule has 0 unspecified atom stereocenters. The SMILES string of the molecule is COc1ccc(-c2ccc(S(=O)(=O)n3ccc(C=CC(=O)Nc4ccccc4N)c3)cc2)cn1. The van der Waals surface area contributed by atoms with Crippen molar-refractivity contribution in [1.82, 2.24) is 8.96 Å². The number of rotatable bonds is 7. The van der Waals surface area contributed by atoms with Crippen LogP contribution >= 0.6 is 0 Å². The second-order valence-corrected chi connectivity index (χ2v) is 9.15. The lowest BCUT2D eigenvalue weighted by atomic mass is 10.1. The molecular formula is C25H22N4O4S. The van der Waals surface area contributed by atoms with Gasteiger partial charge in [0.15, 0.2) is 0 Å². The van der Waals surface area contributed by atoms with Gasteiger partial charge in [-0.1, -0.05) is 24.3 Å². The summed E-state index contributed by atoms with van der Waals surface area (Å²) in [4.78, 5) is 16.5. The quantitative estimate of drug-likeness (QED) is 0.309. The van der Waals surface area contributed by atoms with Crippen LogP contribution in [-0.4, -0.2) is 30.4 Å². The summed E-state index contributed by atoms with van der Waals surface area (Å²) < 4.78 is 32.2. The molecule has 4 aromatic rings. The van der Waals surface area contributed by atoms with Crippen LogP contribution in [0.3, 0.4) is 0 Å². The van der Waals surface area contributed by atoms with Crippen LogP contribution in [0.1, 0.15) is 5.56 Å². The van der Waals surface area contributed by atoms with Gasteiger partial charge in [0, 0.05) is 36.3 Å². The summed E-state index contributed by atoms with van der Waals surface area (Å²) in [7, 11) is -2.25. The average Bonchev–Trinajstić information content (AvgIpc) is 3.34. The zero-order valence-electron chi connectivity index (χ0n) is 18.3. The number of carbonyl (C=O) groups is 1. The highest BCUT2D eigenvalue weighted by Gasteiger charge is 2.16. The van der Waals surface area contributed by atoms with E-state index in [9.17, 15) is 13.2 Å². The third kappa shape index (κ3) is 5.00. The highest BCUT2D eigenvalue weighted by molar-refractivity contribution is 7.90. The number of anilines is 2. The molecule has 0 radical (unpaired) electrons. The molecule has 2 aromatic carbocycles. The lowest BCUT2D eigenvalue weighted by Gasteiger charge is -2.07. The molecule has 34 heavy (non-hydrogen) atoms. The normalized spacial score (nSPS) is 11.4. The van der Waals surface area contributed by atoms with E-state index in [0.717, 1.165) is 15.1 Å². The predicted octanol–water partition coefficient (Wildman–Crippen LogP) is 4.03. The van der Waals surface area contributed by atoms with Crippen LogP contribution < -0.4 is 15.8 Å². The molecule has 2 heterocycles. The number of amides is 1. The molecule has 4 rings (SSSR count). The Labute approximate surface area is 197 Å². The summed E-state index contributed by atoms with van der Waals surface area (Å²) in [6.07, 6.45) is 7.38. The molecule has 0 fully saturated rings. The molecule has 172 valence electrons. The molecule has 0 spiro atoms. The van der Waals surface area contributed by atoms with Crippen molar-refractivity contribution in [2.24, 2.45) is 0 Å². The molecule has 9 heteroatoms. The second kappa shape index (κ2) is 9.63. The lowest BCUT2D eigenvalue weighted by Crippen LogP contribution is -2.10. The number of para-hydroxylation sites is 2. The summed E-state index contributed by atoms with van der Waals surface area (Å²) in [5.74, 6) is 0.124. The Balaban J connectivity index is 1.47. The Bertz CT molecular complexity index is 1440. The van der Waals surface area contributed by atoms with Crippen LogP contribution in [0, 0.1) is 0 Å². The first-order chi connectivity index (χ1) is 16.4. The van der Waals surface area contributed by atoms with Gasteiger partial charge < -0.3 is 15.8 Å². The summed E-state index contributed by atoms with van der Waals surface area (Å²) in [5.41, 5.74) is 9.01. The van der Waals surface area contributed by atoms with E-state index in [-0.39, 0.29) is 10.8 Å². The number of nitrogen functional groups attached to an aromatic ring is 1. The molecule has 0 atom stereocenters. The minimum atomic E-state index is -3.79. The second-order valence-electron chi connectivity index (χ2n) is 7.30. The fraction of sp³-hybridized carbons (Fsp3) is 0.0400. The molecule has 1 amide bonds. The van der Waals surface area contributed by atoms with Crippen LogP contribution in [0.25, 0.3) is 17.2 Å². The number of aromatic nitrogens is 2. The van der Waals surface area contributed by atoms with Crippen molar-refractivity contribution in [3.63, 3.8) is 0 Å². The van der Waals surface area contributed by atoms with E-state index in [1.165, 1.54) is 24.5 Å². The third-order valence-corrected chi connectivity index (χ3v) is 6.69. The smallest absolute Gasteiger partial charge is 0.267 e. The van der Waals surface area contributed by atoms with Crippen molar-refractivity contribution in [3.05, 3.63) is 97.0 Å². The summed E-state index contributed by atoms with van der Waals surface area (Å²) in [6, 6.07) is 18.6. The van der Waals surface area contributed by atoms with Crippen LogP contribution in [0.5, 0.6) is 5.88 Å². The van der Waals surface area contributed by atoms with Gasteiger partial charge in [0.2, 0.25) is 11.8 Å². The predicted molar refractivity (Wildman–Crippen MR) is 132 cm³/mol. The Kier molecular flexibility index (Phi) is 6.46. The summed E-state index contributed by atoms with van der Waals surface area (Å²) in [5, 5.41) is 2.68. The number of benzene rings is 2. The maximum absolute atomic E-state index is 13.0. The van der Waals surface area contributed by atoms with Crippen LogP contribution in [0.15, 0.2) is 96.3 Å². The number of pyridine rings is 1. The van der Waals surface area contributed by atoms with Gasteiger partial charge in [-0.15, -0.1) is 0 Å². The van der Waals surface area contributed by atoms with Crippen molar-refractivity contribution in [3.8, 4) is 17.0 Å². The van der Waals surface area contributed by atoms with Crippen molar-refractivity contribution in [1.29, 1.82) is 0 Å². The molecule has 0 aliphatic carbocycles. The minimum Gasteiger partial charge on any atom is -0.481 e. The van der Waals surface area contributed by atoms with Gasteiger partial charge in [-0.2, -0.15) is 0 Å². The van der Waals surface area contributed by atoms with E-state index in [1.807, 2.05) is 6.07 Å². The molecule has 0 saturated heterocycles. The maximum Gasteiger partial charge on any atom is 0.267 e. The fourth-order valence-electron chi connectivity index (χ4n) is 3.21. The van der Waals surface area contributed by atoms with Gasteiger partial charge in [-0.05, 0) is 53.6 Å². The van der Waals surface area contributed by atoms with Crippen LogP contribution in [0.2, 0.25) is 0 Å². The number of nitrogens with two attached hydrogens (primary N) is 1. The highest BCUT2D eigenvalue weighted by atomic mass is 32.2. The van der Waals surface area contributed by atoms with E-state index in [1.54, 1.807) is 74.0 Å². The van der Waals surface area contributed by atoms with Gasteiger partial charge in [0.25, 0.3) is 10.0 Å². The standard InChI is InChI=1S/C25H22N4O4S/c1-33-25-13-9-20(16-27-25)19-7-10-21(11-8-19)34(31,32)29-15-14-18(17-29)6-12-24(30)28-23-5-3-2-4-22(23)26/h2-17H,26H2,1H3,(H,28,30). The number of hydrogen-bond donors (Lipinski definition) is 2. The summed E-state index contributed by atoms with van der Waals surface area (Å²) in [6.45, 7) is 0. The van der Waals surface area contributed by atoms with Gasteiger partial charge in [-0.25, -0.2) is 17.4 Å². The first kappa shape index (κ1) is 22.8. The lowest BCUT2D eigenvalue weighted by molar-refractivity contribution is -0.111. The Hall–Kier alpha value is -4.37. The summed E-state index contributed by atoms with van der Waals surface area (Å²) >= 11 is 0. The average molecular weight is 475 g/mol. The Morgan fingerprint density at radius 2 is 1.76 bits per heavy atom. The monoisotopic (exact) mass is 474 g/mol. The molecule has 0 saturated carbocycles. The van der Waals surface area contributed by atoms with Crippen LogP contribution in [0.4, 0.5) is 11.4 Å². The van der Waals surface area contributed by atoms with Gasteiger partial charge in [0.1, 0.15) is 0 Å². The van der Waals surface area contributed by atoms with Gasteiger partial charge in [-0.3, -0.25) is 4.79 Å². The first-order valence-corrected chi connectivity index (χ1v) is 11.7. The molecule has 0 aliphatic heterocycles. The van der Waals surface area contributed by atoms with Gasteiger partial charge >= 0.3 is 0 Å². The Morgan fingerprint density at radius 3 is 2.44 bits per heavy atom. The number of carbonyl (C=O) groups excluding carboxylic acids is 1. The number of methoxy groups -OCH3 is 1. The van der Waals surface area contributed by atoms with Crippen molar-refractivity contribution >= 4 is 33.4 Å². The molecule has 3 N–H and O–H groups in total. The third-order valence-electron chi connectivity index (χ3n) is 5.04. The largest absolute Gasteiger partial charge is 0.481 e. The molecule has 8 nitrogen and oxygen atoms in total. The number of ether oxygens (including phenoxy) is 1. The number of nitrogens with one attached hydrogen (secondary N) is 1. The van der Waals surface area contributed by atoms with Crippen molar-refractivity contribution in [2.45, 2.75) is 4.90 Å². The highest BCUT2D eigenvalue weighted by Crippen LogP contribution is 2.24. The zero-order chi connectivity index (χ0) is 24.1. The topological polar surface area (TPSA) is 116 Å². The van der Waals surface area contributed by atoms with E-state index in [2.05, 4.69) is 10.3 Å². The van der Waals surface area contributed by atoms with Gasteiger partial charge in [0.05, 0.1) is 23.4 Å². The maximum atomic E-state index is 13.0. The van der Waals surface area contributed by atoms with E-state index >= 15 is 0 Å². The number of nitrogens with zero attached hydrogens (tertiary/aromatic N) is 2.